The highest BCUT2D eigenvalue weighted by Crippen LogP contribution is 2.21. The Bertz CT molecular complexity index is 486. The minimum atomic E-state index is 0.732. The first kappa shape index (κ1) is 10.2. The molecule has 1 aromatic carbocycles. The van der Waals surface area contributed by atoms with Crippen LogP contribution in [0.3, 0.4) is 0 Å². The molecule has 0 aliphatic heterocycles. The van der Waals surface area contributed by atoms with Gasteiger partial charge in [0.2, 0.25) is 0 Å². The monoisotopic (exact) mass is 204 g/mol. The molecule has 2 rings (SSSR count). The maximum absolute atomic E-state index is 5.53. The van der Waals surface area contributed by atoms with Gasteiger partial charge in [0.25, 0.3) is 0 Å². The van der Waals surface area contributed by atoms with E-state index in [1.165, 1.54) is 5.56 Å². The second-order valence-corrected chi connectivity index (χ2v) is 4.23. The molecule has 0 aliphatic carbocycles. The van der Waals surface area contributed by atoms with Crippen LogP contribution in [0.5, 0.6) is 0 Å². The molecule has 0 radical (unpaired) electrons. The van der Waals surface area contributed by atoms with E-state index in [0.717, 1.165) is 29.1 Å². The van der Waals surface area contributed by atoms with E-state index in [0.29, 0.717) is 0 Å². The Morgan fingerprint density at radius 2 is 2.00 bits per heavy atom. The normalized spacial score (nSPS) is 11.5. The van der Waals surface area contributed by atoms with Crippen LogP contribution in [0, 0.1) is 13.8 Å². The summed E-state index contributed by atoms with van der Waals surface area (Å²) in [6.07, 6.45) is 0. The van der Waals surface area contributed by atoms with Crippen LogP contribution in [0.2, 0.25) is 0 Å². The highest BCUT2D eigenvalue weighted by Gasteiger charge is 2.07. The standard InChI is InChI=1S/C12H16N2O/c1-8-5-10(7-14(3)4)6-11-12(8)15-9(2)13-11/h5-6H,7H2,1-4H3. The van der Waals surface area contributed by atoms with Gasteiger partial charge >= 0.3 is 0 Å². The zero-order chi connectivity index (χ0) is 11.0. The highest BCUT2D eigenvalue weighted by molar-refractivity contribution is 5.77. The molecule has 1 heterocycles. The third kappa shape index (κ3) is 2.02. The number of nitrogens with zero attached hydrogens (tertiary/aromatic N) is 2. The van der Waals surface area contributed by atoms with Crippen molar-refractivity contribution >= 4 is 11.1 Å². The van der Waals surface area contributed by atoms with Crippen LogP contribution in [-0.2, 0) is 6.54 Å². The van der Waals surface area contributed by atoms with Crippen LogP contribution in [0.4, 0.5) is 0 Å². The summed E-state index contributed by atoms with van der Waals surface area (Å²) >= 11 is 0. The van der Waals surface area contributed by atoms with Gasteiger partial charge in [0, 0.05) is 13.5 Å². The fourth-order valence-electron chi connectivity index (χ4n) is 1.84. The lowest BCUT2D eigenvalue weighted by Gasteiger charge is -2.09. The van der Waals surface area contributed by atoms with Gasteiger partial charge in [0.15, 0.2) is 11.5 Å². The Morgan fingerprint density at radius 1 is 1.27 bits per heavy atom. The fraction of sp³-hybridized carbons (Fsp3) is 0.417. The van der Waals surface area contributed by atoms with E-state index in [-0.39, 0.29) is 0 Å². The number of benzene rings is 1. The molecule has 0 spiro atoms. The van der Waals surface area contributed by atoms with Gasteiger partial charge in [0.1, 0.15) is 5.52 Å². The van der Waals surface area contributed by atoms with Crippen LogP contribution in [0.1, 0.15) is 17.0 Å². The van der Waals surface area contributed by atoms with Crippen molar-refractivity contribution in [3.63, 3.8) is 0 Å². The summed E-state index contributed by atoms with van der Waals surface area (Å²) in [5, 5.41) is 0. The van der Waals surface area contributed by atoms with Crippen LogP contribution in [0.15, 0.2) is 16.5 Å². The second-order valence-electron chi connectivity index (χ2n) is 4.23. The number of aromatic nitrogens is 1. The van der Waals surface area contributed by atoms with E-state index in [2.05, 4.69) is 43.0 Å². The molecular formula is C12H16N2O. The third-order valence-electron chi connectivity index (χ3n) is 2.34. The Balaban J connectivity index is 2.51. The van der Waals surface area contributed by atoms with Crippen molar-refractivity contribution in [3.8, 4) is 0 Å². The number of rotatable bonds is 2. The van der Waals surface area contributed by atoms with Gasteiger partial charge in [-0.05, 0) is 38.2 Å². The van der Waals surface area contributed by atoms with Crippen molar-refractivity contribution in [1.29, 1.82) is 0 Å². The molecule has 3 heteroatoms. The molecule has 0 saturated heterocycles. The summed E-state index contributed by atoms with van der Waals surface area (Å²) in [5.74, 6) is 0.732. The Kier molecular flexibility index (Phi) is 2.49. The Morgan fingerprint density at radius 3 is 2.67 bits per heavy atom. The van der Waals surface area contributed by atoms with E-state index in [1.807, 2.05) is 6.92 Å². The lowest BCUT2D eigenvalue weighted by atomic mass is 10.1. The van der Waals surface area contributed by atoms with Crippen molar-refractivity contribution in [1.82, 2.24) is 9.88 Å². The number of hydrogen-bond donors (Lipinski definition) is 0. The van der Waals surface area contributed by atoms with Crippen molar-refractivity contribution in [2.45, 2.75) is 20.4 Å². The van der Waals surface area contributed by atoms with E-state index in [4.69, 9.17) is 4.42 Å². The average molecular weight is 204 g/mol. The first-order chi connectivity index (χ1) is 7.06. The molecular weight excluding hydrogens is 188 g/mol. The van der Waals surface area contributed by atoms with Crippen molar-refractivity contribution in [2.75, 3.05) is 14.1 Å². The molecule has 0 N–H and O–H groups in total. The van der Waals surface area contributed by atoms with E-state index in [9.17, 15) is 0 Å². The quantitative estimate of drug-likeness (QED) is 0.752. The first-order valence-corrected chi connectivity index (χ1v) is 5.07. The van der Waals surface area contributed by atoms with Gasteiger partial charge < -0.3 is 9.32 Å². The zero-order valence-electron chi connectivity index (χ0n) is 9.66. The summed E-state index contributed by atoms with van der Waals surface area (Å²) < 4.78 is 5.53. The minimum absolute atomic E-state index is 0.732. The molecule has 0 bridgehead atoms. The van der Waals surface area contributed by atoms with Crippen molar-refractivity contribution in [2.24, 2.45) is 0 Å². The first-order valence-electron chi connectivity index (χ1n) is 5.07. The smallest absolute Gasteiger partial charge is 0.192 e. The molecule has 80 valence electrons. The summed E-state index contributed by atoms with van der Waals surface area (Å²) in [5.41, 5.74) is 4.31. The number of fused-ring (bicyclic) bond motifs is 1. The summed E-state index contributed by atoms with van der Waals surface area (Å²) in [6.45, 7) is 4.87. The van der Waals surface area contributed by atoms with Gasteiger partial charge in [-0.15, -0.1) is 0 Å². The largest absolute Gasteiger partial charge is 0.441 e. The molecule has 15 heavy (non-hydrogen) atoms. The molecule has 0 saturated carbocycles. The summed E-state index contributed by atoms with van der Waals surface area (Å²) in [7, 11) is 4.13. The lowest BCUT2D eigenvalue weighted by Crippen LogP contribution is -2.10. The fourth-order valence-corrected chi connectivity index (χ4v) is 1.84. The van der Waals surface area contributed by atoms with Gasteiger partial charge in [-0.25, -0.2) is 4.98 Å². The predicted octanol–water partition coefficient (Wildman–Crippen LogP) is 2.51. The molecule has 0 atom stereocenters. The van der Waals surface area contributed by atoms with Crippen LogP contribution in [0.25, 0.3) is 11.1 Å². The maximum atomic E-state index is 5.53. The highest BCUT2D eigenvalue weighted by atomic mass is 16.3. The van der Waals surface area contributed by atoms with Gasteiger partial charge in [-0.2, -0.15) is 0 Å². The molecule has 2 aromatic rings. The number of aryl methyl sites for hydroxylation is 2. The Hall–Kier alpha value is -1.35. The van der Waals surface area contributed by atoms with Crippen LogP contribution < -0.4 is 0 Å². The number of hydrogen-bond acceptors (Lipinski definition) is 3. The molecule has 0 fully saturated rings. The van der Waals surface area contributed by atoms with E-state index < -0.39 is 0 Å². The van der Waals surface area contributed by atoms with E-state index in [1.54, 1.807) is 0 Å². The zero-order valence-corrected chi connectivity index (χ0v) is 9.66. The van der Waals surface area contributed by atoms with Gasteiger partial charge in [0.05, 0.1) is 0 Å². The van der Waals surface area contributed by atoms with Gasteiger partial charge in [-0.3, -0.25) is 0 Å². The van der Waals surface area contributed by atoms with Crippen LogP contribution in [-0.4, -0.2) is 24.0 Å². The van der Waals surface area contributed by atoms with Gasteiger partial charge in [-0.1, -0.05) is 6.07 Å². The van der Waals surface area contributed by atoms with E-state index >= 15 is 0 Å². The summed E-state index contributed by atoms with van der Waals surface area (Å²) in [4.78, 5) is 6.50. The summed E-state index contributed by atoms with van der Waals surface area (Å²) in [6, 6.07) is 4.26. The maximum Gasteiger partial charge on any atom is 0.192 e. The molecule has 3 nitrogen and oxygen atoms in total. The molecule has 0 unspecified atom stereocenters. The van der Waals surface area contributed by atoms with Crippen molar-refractivity contribution < 1.29 is 4.42 Å². The second kappa shape index (κ2) is 3.66. The molecule has 0 aliphatic rings. The number of oxazole rings is 1. The minimum Gasteiger partial charge on any atom is -0.441 e. The SMILES string of the molecule is Cc1nc2cc(CN(C)C)cc(C)c2o1. The topological polar surface area (TPSA) is 29.3 Å². The Labute approximate surface area is 89.7 Å². The third-order valence-corrected chi connectivity index (χ3v) is 2.34. The lowest BCUT2D eigenvalue weighted by molar-refractivity contribution is 0.402. The van der Waals surface area contributed by atoms with Crippen molar-refractivity contribution in [3.05, 3.63) is 29.2 Å². The van der Waals surface area contributed by atoms with Crippen LogP contribution >= 0.6 is 0 Å². The average Bonchev–Trinajstić information content (AvgIpc) is 2.44. The molecule has 0 amide bonds. The molecule has 1 aromatic heterocycles. The predicted molar refractivity (Wildman–Crippen MR) is 60.9 cm³/mol.